The molecule has 0 fully saturated rings. The number of alkyl halides is 3. The van der Waals surface area contributed by atoms with Crippen LogP contribution in [-0.4, -0.2) is 6.54 Å². The molecule has 1 aromatic carbocycles. The maximum Gasteiger partial charge on any atom is 0.416 e. The highest BCUT2D eigenvalue weighted by molar-refractivity contribution is 5.67. The SMILES string of the molecule is CC(C)C(C)CNc1ccc(C(F)(F)F)cc1N. The summed E-state index contributed by atoms with van der Waals surface area (Å²) in [4.78, 5) is 0. The fourth-order valence-corrected chi connectivity index (χ4v) is 1.41. The van der Waals surface area contributed by atoms with E-state index in [4.69, 9.17) is 5.73 Å². The molecule has 0 bridgehead atoms. The number of nitrogens with two attached hydrogens (primary N) is 1. The van der Waals surface area contributed by atoms with Crippen LogP contribution in [0.3, 0.4) is 0 Å². The molecule has 0 saturated heterocycles. The van der Waals surface area contributed by atoms with Crippen molar-refractivity contribution in [1.29, 1.82) is 0 Å². The molecule has 0 aromatic heterocycles. The molecule has 2 nitrogen and oxygen atoms in total. The van der Waals surface area contributed by atoms with Crippen LogP contribution < -0.4 is 11.1 Å². The van der Waals surface area contributed by atoms with Gasteiger partial charge in [0.15, 0.2) is 0 Å². The lowest BCUT2D eigenvalue weighted by molar-refractivity contribution is -0.137. The zero-order valence-electron chi connectivity index (χ0n) is 10.8. The van der Waals surface area contributed by atoms with Crippen LogP contribution in [0.4, 0.5) is 24.5 Å². The lowest BCUT2D eigenvalue weighted by Crippen LogP contribution is -2.17. The number of nitrogen functional groups attached to an aromatic ring is 1. The first-order valence-electron chi connectivity index (χ1n) is 5.92. The Bertz CT molecular complexity index is 400. The molecule has 1 aromatic rings. The van der Waals surface area contributed by atoms with Gasteiger partial charge in [-0.2, -0.15) is 13.2 Å². The summed E-state index contributed by atoms with van der Waals surface area (Å²) < 4.78 is 37.3. The van der Waals surface area contributed by atoms with E-state index in [1.807, 2.05) is 0 Å². The van der Waals surface area contributed by atoms with Crippen LogP contribution >= 0.6 is 0 Å². The fourth-order valence-electron chi connectivity index (χ4n) is 1.41. The lowest BCUT2D eigenvalue weighted by atomic mass is 9.98. The normalized spacial score (nSPS) is 13.7. The summed E-state index contributed by atoms with van der Waals surface area (Å²) in [5.74, 6) is 0.930. The van der Waals surface area contributed by atoms with E-state index in [0.29, 0.717) is 24.1 Å². The molecule has 1 atom stereocenters. The lowest BCUT2D eigenvalue weighted by Gasteiger charge is -2.18. The maximum atomic E-state index is 12.4. The van der Waals surface area contributed by atoms with Crippen LogP contribution in [0.25, 0.3) is 0 Å². The summed E-state index contributed by atoms with van der Waals surface area (Å²) in [6.07, 6.45) is -4.35. The predicted molar refractivity (Wildman–Crippen MR) is 68.3 cm³/mol. The molecular weight excluding hydrogens is 241 g/mol. The Morgan fingerprint density at radius 3 is 2.28 bits per heavy atom. The average molecular weight is 260 g/mol. The van der Waals surface area contributed by atoms with E-state index in [1.165, 1.54) is 6.07 Å². The molecule has 102 valence electrons. The first-order valence-corrected chi connectivity index (χ1v) is 5.92. The second kappa shape index (κ2) is 5.50. The van der Waals surface area contributed by atoms with Crippen LogP contribution in [0.15, 0.2) is 18.2 Å². The molecule has 0 aliphatic carbocycles. The molecule has 0 aliphatic heterocycles. The standard InChI is InChI=1S/C13H19F3N2/c1-8(2)9(3)7-18-12-5-4-10(6-11(12)17)13(14,15)16/h4-6,8-9,18H,7,17H2,1-3H3. The zero-order valence-corrected chi connectivity index (χ0v) is 10.8. The van der Waals surface area contributed by atoms with Gasteiger partial charge in [0.25, 0.3) is 0 Å². The van der Waals surface area contributed by atoms with Gasteiger partial charge < -0.3 is 11.1 Å². The second-order valence-corrected chi connectivity index (χ2v) is 4.90. The Kier molecular flexibility index (Phi) is 4.48. The molecule has 0 saturated carbocycles. The van der Waals surface area contributed by atoms with Gasteiger partial charge in [-0.15, -0.1) is 0 Å². The third kappa shape index (κ3) is 3.82. The van der Waals surface area contributed by atoms with Crippen molar-refractivity contribution in [3.05, 3.63) is 23.8 Å². The highest BCUT2D eigenvalue weighted by atomic mass is 19.4. The van der Waals surface area contributed by atoms with Crippen molar-refractivity contribution in [3.63, 3.8) is 0 Å². The molecular formula is C13H19F3N2. The zero-order chi connectivity index (χ0) is 13.9. The van der Waals surface area contributed by atoms with Gasteiger partial charge in [0, 0.05) is 6.54 Å². The van der Waals surface area contributed by atoms with Crippen LogP contribution in [0.1, 0.15) is 26.3 Å². The van der Waals surface area contributed by atoms with Crippen LogP contribution in [0, 0.1) is 11.8 Å². The summed E-state index contributed by atoms with van der Waals surface area (Å²) in [5, 5.41) is 3.08. The summed E-state index contributed by atoms with van der Waals surface area (Å²) in [6, 6.07) is 3.38. The molecule has 1 rings (SSSR count). The van der Waals surface area contributed by atoms with E-state index in [2.05, 4.69) is 26.1 Å². The summed E-state index contributed by atoms with van der Waals surface area (Å²) >= 11 is 0. The third-order valence-corrected chi connectivity index (χ3v) is 3.13. The van der Waals surface area contributed by atoms with Gasteiger partial charge in [-0.05, 0) is 30.0 Å². The van der Waals surface area contributed by atoms with Gasteiger partial charge in [0.1, 0.15) is 0 Å². The minimum absolute atomic E-state index is 0.126. The molecule has 0 radical (unpaired) electrons. The number of halogens is 3. The minimum atomic E-state index is -4.35. The molecule has 0 heterocycles. The van der Waals surface area contributed by atoms with Gasteiger partial charge in [-0.1, -0.05) is 20.8 Å². The first kappa shape index (κ1) is 14.7. The van der Waals surface area contributed by atoms with Crippen molar-refractivity contribution in [2.75, 3.05) is 17.6 Å². The number of nitrogens with one attached hydrogen (secondary N) is 1. The predicted octanol–water partition coefficient (Wildman–Crippen LogP) is 3.99. The van der Waals surface area contributed by atoms with E-state index in [9.17, 15) is 13.2 Å². The van der Waals surface area contributed by atoms with Crippen LogP contribution in [-0.2, 0) is 6.18 Å². The molecule has 1 unspecified atom stereocenters. The molecule has 0 amide bonds. The minimum Gasteiger partial charge on any atom is -0.397 e. The summed E-state index contributed by atoms with van der Waals surface area (Å²) in [6.45, 7) is 6.97. The summed E-state index contributed by atoms with van der Waals surface area (Å²) in [7, 11) is 0. The monoisotopic (exact) mass is 260 g/mol. The Hall–Kier alpha value is -1.39. The van der Waals surface area contributed by atoms with Crippen molar-refractivity contribution in [1.82, 2.24) is 0 Å². The van der Waals surface area contributed by atoms with Gasteiger partial charge in [0.05, 0.1) is 16.9 Å². The maximum absolute atomic E-state index is 12.4. The van der Waals surface area contributed by atoms with E-state index < -0.39 is 11.7 Å². The van der Waals surface area contributed by atoms with E-state index in [-0.39, 0.29) is 5.69 Å². The quantitative estimate of drug-likeness (QED) is 0.803. The Morgan fingerprint density at radius 1 is 1.22 bits per heavy atom. The van der Waals surface area contributed by atoms with Crippen molar-refractivity contribution in [2.24, 2.45) is 11.8 Å². The summed E-state index contributed by atoms with van der Waals surface area (Å²) in [5.41, 5.74) is 5.58. The molecule has 0 spiro atoms. The molecule has 3 N–H and O–H groups in total. The van der Waals surface area contributed by atoms with Crippen molar-refractivity contribution >= 4 is 11.4 Å². The van der Waals surface area contributed by atoms with Crippen molar-refractivity contribution in [3.8, 4) is 0 Å². The van der Waals surface area contributed by atoms with Crippen molar-refractivity contribution in [2.45, 2.75) is 26.9 Å². The molecule has 0 aliphatic rings. The highest BCUT2D eigenvalue weighted by Crippen LogP contribution is 2.32. The fraction of sp³-hybridized carbons (Fsp3) is 0.538. The second-order valence-electron chi connectivity index (χ2n) is 4.90. The van der Waals surface area contributed by atoms with Gasteiger partial charge in [0.2, 0.25) is 0 Å². The Labute approximate surface area is 105 Å². The Morgan fingerprint density at radius 2 is 1.83 bits per heavy atom. The first-order chi connectivity index (χ1) is 8.21. The Balaban J connectivity index is 2.75. The number of benzene rings is 1. The van der Waals surface area contributed by atoms with Gasteiger partial charge in [-0.3, -0.25) is 0 Å². The van der Waals surface area contributed by atoms with Crippen LogP contribution in [0.2, 0.25) is 0 Å². The van der Waals surface area contributed by atoms with Gasteiger partial charge >= 0.3 is 6.18 Å². The largest absolute Gasteiger partial charge is 0.416 e. The number of hydrogen-bond donors (Lipinski definition) is 2. The van der Waals surface area contributed by atoms with Crippen LogP contribution in [0.5, 0.6) is 0 Å². The third-order valence-electron chi connectivity index (χ3n) is 3.13. The number of rotatable bonds is 4. The highest BCUT2D eigenvalue weighted by Gasteiger charge is 2.30. The van der Waals surface area contributed by atoms with E-state index in [1.54, 1.807) is 0 Å². The average Bonchev–Trinajstić information content (AvgIpc) is 2.25. The number of hydrogen-bond acceptors (Lipinski definition) is 2. The topological polar surface area (TPSA) is 38.0 Å². The number of anilines is 2. The van der Waals surface area contributed by atoms with E-state index in [0.717, 1.165) is 12.1 Å². The molecule has 5 heteroatoms. The smallest absolute Gasteiger partial charge is 0.397 e. The van der Waals surface area contributed by atoms with Crippen molar-refractivity contribution < 1.29 is 13.2 Å². The molecule has 18 heavy (non-hydrogen) atoms. The van der Waals surface area contributed by atoms with Gasteiger partial charge in [-0.25, -0.2) is 0 Å². The van der Waals surface area contributed by atoms with E-state index >= 15 is 0 Å².